The van der Waals surface area contributed by atoms with Crippen molar-refractivity contribution in [3.63, 3.8) is 0 Å². The van der Waals surface area contributed by atoms with Crippen LogP contribution in [0.5, 0.6) is 0 Å². The van der Waals surface area contributed by atoms with Gasteiger partial charge in [0.2, 0.25) is 0 Å². The van der Waals surface area contributed by atoms with Gasteiger partial charge in [0.15, 0.2) is 0 Å². The zero-order valence-electron chi connectivity index (χ0n) is 24.2. The monoisotopic (exact) mass is 459 g/mol. The van der Waals surface area contributed by atoms with E-state index >= 15 is 0 Å². The minimum absolute atomic E-state index is 0.500. The van der Waals surface area contributed by atoms with Gasteiger partial charge in [0, 0.05) is 30.2 Å². The lowest BCUT2D eigenvalue weighted by Gasteiger charge is -2.08. The Bertz CT molecular complexity index is 694. The van der Waals surface area contributed by atoms with Crippen molar-refractivity contribution in [3.05, 3.63) is 70.5 Å². The molecule has 190 valence electrons. The molecule has 0 amide bonds. The van der Waals surface area contributed by atoms with Crippen LogP contribution < -0.4 is 0 Å². The molecule has 0 bridgehead atoms. The first-order valence-electron chi connectivity index (χ1n) is 11.9. The number of hydrogen-bond donors (Lipinski definition) is 0. The van der Waals surface area contributed by atoms with Crippen molar-refractivity contribution in [2.24, 2.45) is 10.4 Å². The Balaban J connectivity index is -0.000000192. The first kappa shape index (κ1) is 38.0. The van der Waals surface area contributed by atoms with Gasteiger partial charge >= 0.3 is 0 Å². The fraction of sp³-hybridized carbons (Fsp3) is 0.533. The van der Waals surface area contributed by atoms with Gasteiger partial charge in [-0.3, -0.25) is 9.79 Å². The van der Waals surface area contributed by atoms with Gasteiger partial charge in [-0.05, 0) is 51.2 Å². The Hall–Kier alpha value is -2.26. The quantitative estimate of drug-likeness (QED) is 0.184. The predicted molar refractivity (Wildman–Crippen MR) is 151 cm³/mol. The minimum atomic E-state index is 0.500. The molecule has 1 aromatic rings. The summed E-state index contributed by atoms with van der Waals surface area (Å²) in [6.45, 7) is 30.8. The van der Waals surface area contributed by atoms with Crippen LogP contribution >= 0.6 is 0 Å². The number of benzene rings is 1. The highest BCUT2D eigenvalue weighted by Crippen LogP contribution is 2.21. The zero-order valence-corrected chi connectivity index (χ0v) is 24.2. The third-order valence-corrected chi connectivity index (χ3v) is 3.27. The fourth-order valence-corrected chi connectivity index (χ4v) is 2.14. The zero-order chi connectivity index (χ0) is 27.0. The van der Waals surface area contributed by atoms with Crippen molar-refractivity contribution in [2.75, 3.05) is 7.11 Å². The number of rotatable bonds is 6. The second kappa shape index (κ2) is 24.4. The standard InChI is InChI=1S/C12H17NO.C9H12O.C5H12.2C2H6/c1-6-11(8-14)12(9(3)4)10(5)13-7-2;1-8-3-5-9(6-4-8)7-10-2;1-5(2,3)4;2*1-2/h6-8H,3H2,1-2,4-5H3;3-6H,7H2,1-2H3;1-4H3;2*1-2H3/b11-6-,12-10+,13-7?;;;;. The number of carbonyl (C=O) groups excluding carboxylic acids is 1. The summed E-state index contributed by atoms with van der Waals surface area (Å²) >= 11 is 0. The van der Waals surface area contributed by atoms with Gasteiger partial charge in [-0.2, -0.15) is 0 Å². The van der Waals surface area contributed by atoms with E-state index in [1.165, 1.54) is 11.1 Å². The van der Waals surface area contributed by atoms with Crippen LogP contribution in [0.3, 0.4) is 0 Å². The van der Waals surface area contributed by atoms with Crippen LogP contribution in [0.25, 0.3) is 0 Å². The lowest BCUT2D eigenvalue weighted by molar-refractivity contribution is -0.104. The molecule has 33 heavy (non-hydrogen) atoms. The summed E-state index contributed by atoms with van der Waals surface area (Å²) in [5.74, 6) is 0. The van der Waals surface area contributed by atoms with Gasteiger partial charge in [-0.15, -0.1) is 0 Å². The molecule has 0 aliphatic carbocycles. The van der Waals surface area contributed by atoms with E-state index in [1.54, 1.807) is 19.4 Å². The number of aliphatic imine (C=N–C) groups is 1. The molecular formula is C30H53NO2. The average Bonchev–Trinajstić information content (AvgIpc) is 2.75. The number of hydrogen-bond acceptors (Lipinski definition) is 3. The molecule has 0 N–H and O–H groups in total. The molecule has 0 saturated heterocycles. The number of allylic oxidation sites excluding steroid dienone is 5. The van der Waals surface area contributed by atoms with E-state index in [2.05, 4.69) is 70.5 Å². The highest BCUT2D eigenvalue weighted by molar-refractivity contribution is 5.83. The molecule has 0 spiro atoms. The first-order valence-corrected chi connectivity index (χ1v) is 11.9. The highest BCUT2D eigenvalue weighted by Gasteiger charge is 2.07. The molecule has 1 rings (SSSR count). The van der Waals surface area contributed by atoms with Crippen molar-refractivity contribution >= 4 is 12.5 Å². The summed E-state index contributed by atoms with van der Waals surface area (Å²) < 4.78 is 4.97. The molecular weight excluding hydrogens is 406 g/mol. The van der Waals surface area contributed by atoms with E-state index < -0.39 is 0 Å². The Labute approximate surface area is 206 Å². The topological polar surface area (TPSA) is 38.7 Å². The Morgan fingerprint density at radius 2 is 1.42 bits per heavy atom. The third-order valence-electron chi connectivity index (χ3n) is 3.27. The van der Waals surface area contributed by atoms with Crippen LogP contribution in [0, 0.1) is 12.3 Å². The van der Waals surface area contributed by atoms with E-state index in [4.69, 9.17) is 4.74 Å². The number of carbonyl (C=O) groups is 1. The van der Waals surface area contributed by atoms with Crippen molar-refractivity contribution in [1.29, 1.82) is 0 Å². The van der Waals surface area contributed by atoms with Crippen LogP contribution in [0.1, 0.15) is 94.2 Å². The molecule has 3 heteroatoms. The summed E-state index contributed by atoms with van der Waals surface area (Å²) in [5.41, 5.74) is 6.17. The maximum atomic E-state index is 10.8. The molecule has 0 aromatic heterocycles. The maximum Gasteiger partial charge on any atom is 0.150 e. The molecule has 0 aliphatic rings. The van der Waals surface area contributed by atoms with Gasteiger partial charge in [-0.1, -0.05) is 97.9 Å². The summed E-state index contributed by atoms with van der Waals surface area (Å²) in [4.78, 5) is 15.0. The van der Waals surface area contributed by atoms with Crippen LogP contribution in [0.15, 0.2) is 64.3 Å². The number of methoxy groups -OCH3 is 1. The van der Waals surface area contributed by atoms with Crippen molar-refractivity contribution in [3.8, 4) is 0 Å². The van der Waals surface area contributed by atoms with Crippen LogP contribution in [-0.2, 0) is 16.1 Å². The Morgan fingerprint density at radius 3 is 1.70 bits per heavy atom. The van der Waals surface area contributed by atoms with Crippen LogP contribution in [0.4, 0.5) is 0 Å². The van der Waals surface area contributed by atoms with Crippen molar-refractivity contribution in [2.45, 2.75) is 96.6 Å². The third kappa shape index (κ3) is 25.9. The second-order valence-corrected chi connectivity index (χ2v) is 8.41. The summed E-state index contributed by atoms with van der Waals surface area (Å²) in [7, 11) is 1.71. The van der Waals surface area contributed by atoms with Crippen LogP contribution in [0.2, 0.25) is 0 Å². The van der Waals surface area contributed by atoms with Gasteiger partial charge in [0.1, 0.15) is 6.29 Å². The van der Waals surface area contributed by atoms with E-state index in [0.29, 0.717) is 17.6 Å². The number of nitrogens with zero attached hydrogens (tertiary/aromatic N) is 1. The van der Waals surface area contributed by atoms with Crippen LogP contribution in [-0.4, -0.2) is 19.6 Å². The molecule has 0 radical (unpaired) electrons. The minimum Gasteiger partial charge on any atom is -0.380 e. The SMILES string of the molecule is C=C(C)C(/C(C=O)=C\C)=C(/C)N=CC.CC.CC.CC(C)(C)C.COCc1ccc(C)cc1. The number of aryl methyl sites for hydroxylation is 1. The molecule has 0 aliphatic heterocycles. The van der Waals surface area contributed by atoms with Gasteiger partial charge < -0.3 is 4.74 Å². The molecule has 1 aromatic carbocycles. The second-order valence-electron chi connectivity index (χ2n) is 8.41. The Kier molecular flexibility index (Phi) is 28.1. The fourth-order valence-electron chi connectivity index (χ4n) is 2.14. The van der Waals surface area contributed by atoms with Gasteiger partial charge in [-0.25, -0.2) is 0 Å². The summed E-state index contributed by atoms with van der Waals surface area (Å²) in [5, 5.41) is 0. The first-order chi connectivity index (χ1) is 15.4. The lowest BCUT2D eigenvalue weighted by Crippen LogP contribution is -1.95. The Morgan fingerprint density at radius 1 is 1.00 bits per heavy atom. The molecule has 3 nitrogen and oxygen atoms in total. The summed E-state index contributed by atoms with van der Waals surface area (Å²) in [6.07, 6.45) is 4.31. The molecule has 0 fully saturated rings. The molecule has 0 saturated carbocycles. The summed E-state index contributed by atoms with van der Waals surface area (Å²) in [6, 6.07) is 8.35. The normalized spacial score (nSPS) is 11.2. The molecule has 0 heterocycles. The smallest absolute Gasteiger partial charge is 0.150 e. The van der Waals surface area contributed by atoms with E-state index in [1.807, 2.05) is 55.4 Å². The van der Waals surface area contributed by atoms with E-state index in [-0.39, 0.29) is 0 Å². The van der Waals surface area contributed by atoms with Gasteiger partial charge in [0.25, 0.3) is 0 Å². The predicted octanol–water partition coefficient (Wildman–Crippen LogP) is 9.32. The molecule has 0 unspecified atom stereocenters. The lowest BCUT2D eigenvalue weighted by atomic mass is 9.99. The van der Waals surface area contributed by atoms with Gasteiger partial charge in [0.05, 0.1) is 6.61 Å². The number of ether oxygens (including phenoxy) is 1. The van der Waals surface area contributed by atoms with Crippen molar-refractivity contribution < 1.29 is 9.53 Å². The van der Waals surface area contributed by atoms with Crippen molar-refractivity contribution in [1.82, 2.24) is 0 Å². The average molecular weight is 460 g/mol. The number of aldehydes is 1. The highest BCUT2D eigenvalue weighted by atomic mass is 16.5. The largest absolute Gasteiger partial charge is 0.380 e. The maximum absolute atomic E-state index is 10.8. The molecule has 0 atom stereocenters. The van der Waals surface area contributed by atoms with E-state index in [9.17, 15) is 4.79 Å². The van der Waals surface area contributed by atoms with E-state index in [0.717, 1.165) is 23.1 Å².